The summed E-state index contributed by atoms with van der Waals surface area (Å²) in [5.74, 6) is 0. The minimum Gasteiger partial charge on any atom is -0.309 e. The summed E-state index contributed by atoms with van der Waals surface area (Å²) in [7, 11) is 0. The van der Waals surface area contributed by atoms with Crippen LogP contribution in [0.25, 0.3) is 81.0 Å². The Bertz CT molecular complexity index is 3870. The first-order valence-corrected chi connectivity index (χ1v) is 22.9. The lowest BCUT2D eigenvalue weighted by Gasteiger charge is -2.39. The zero-order chi connectivity index (χ0) is 41.9. The van der Waals surface area contributed by atoms with E-state index in [1.54, 1.807) is 0 Å². The number of para-hydroxylation sites is 4. The topological polar surface area (TPSA) is 8.17 Å². The third-order valence-electron chi connectivity index (χ3n) is 14.0. The Morgan fingerprint density at radius 3 is 1.88 bits per heavy atom. The van der Waals surface area contributed by atoms with Crippen molar-refractivity contribution in [2.45, 2.75) is 5.41 Å². The molecule has 0 saturated carbocycles. The molecule has 0 saturated heterocycles. The number of benzene rings is 10. The van der Waals surface area contributed by atoms with Gasteiger partial charge in [0, 0.05) is 47.8 Å². The highest BCUT2D eigenvalue weighted by Crippen LogP contribution is 2.63. The molecule has 0 radical (unpaired) electrons. The van der Waals surface area contributed by atoms with Crippen LogP contribution in [0.4, 0.5) is 17.1 Å². The number of anilines is 3. The standard InChI is InChI=1S/C61H38N2S/c1-2-18-39(19-3-1)41-20-4-5-21-42(41)43-22-7-12-31-53(43)62(40-36-37-58-48(38-40)45-24-9-15-35-57(45)64-58)56-34-17-29-51-59(56)47-25-6-10-27-49(47)61(51)50-28-11-14-33-55(50)63-54-32-13-8-23-44(54)46-26-16-30-52(61)60(46)63/h1-38H. The van der Waals surface area contributed by atoms with Gasteiger partial charge in [-0.3, -0.25) is 0 Å². The Balaban J connectivity index is 1.10. The lowest BCUT2D eigenvalue weighted by Crippen LogP contribution is -2.33. The van der Waals surface area contributed by atoms with Crippen LogP contribution in [0, 0.1) is 0 Å². The molecule has 0 fully saturated rings. The Morgan fingerprint density at radius 2 is 0.984 bits per heavy atom. The second kappa shape index (κ2) is 13.5. The Kier molecular flexibility index (Phi) is 7.51. The van der Waals surface area contributed by atoms with E-state index in [2.05, 4.69) is 240 Å². The molecule has 3 heteroatoms. The summed E-state index contributed by atoms with van der Waals surface area (Å²) in [5.41, 5.74) is 19.1. The SMILES string of the molecule is c1ccc(-c2ccccc2-c2ccccc2N(c2ccc3sc4ccccc4c3c2)c2cccc3c2-c2ccccc2C32c3ccccc3-n3c4ccccc4c4cccc2c43)cc1. The smallest absolute Gasteiger partial charge is 0.0755 e. The van der Waals surface area contributed by atoms with E-state index in [9.17, 15) is 0 Å². The fourth-order valence-corrected chi connectivity index (χ4v) is 12.6. The van der Waals surface area contributed by atoms with Crippen LogP contribution in [0.5, 0.6) is 0 Å². The minimum absolute atomic E-state index is 0.568. The molecule has 1 aliphatic carbocycles. The molecule has 1 aliphatic heterocycles. The summed E-state index contributed by atoms with van der Waals surface area (Å²) in [6, 6.07) is 86.0. The molecule has 0 bridgehead atoms. The van der Waals surface area contributed by atoms with Gasteiger partial charge in [0.15, 0.2) is 0 Å². The van der Waals surface area contributed by atoms with E-state index < -0.39 is 5.41 Å². The van der Waals surface area contributed by atoms with Gasteiger partial charge < -0.3 is 9.47 Å². The van der Waals surface area contributed by atoms with Gasteiger partial charge in [-0.2, -0.15) is 0 Å². The van der Waals surface area contributed by atoms with Crippen molar-refractivity contribution in [1.82, 2.24) is 4.57 Å². The minimum atomic E-state index is -0.568. The molecule has 2 aliphatic rings. The van der Waals surface area contributed by atoms with Crippen molar-refractivity contribution < 1.29 is 0 Å². The molecule has 10 aromatic carbocycles. The van der Waals surface area contributed by atoms with E-state index in [-0.39, 0.29) is 0 Å². The number of fused-ring (bicyclic) bond motifs is 15. The second-order valence-corrected chi connectivity index (χ2v) is 18.2. The normalized spacial score (nSPS) is 14.6. The van der Waals surface area contributed by atoms with E-state index >= 15 is 0 Å². The largest absolute Gasteiger partial charge is 0.309 e. The van der Waals surface area contributed by atoms with Gasteiger partial charge in [-0.15, -0.1) is 11.3 Å². The molecule has 1 spiro atoms. The highest BCUT2D eigenvalue weighted by Gasteiger charge is 2.51. The maximum absolute atomic E-state index is 2.56. The molecular formula is C61H38N2S. The van der Waals surface area contributed by atoms with Gasteiger partial charge in [-0.05, 0) is 93.0 Å². The van der Waals surface area contributed by atoms with Crippen LogP contribution < -0.4 is 4.90 Å². The first kappa shape index (κ1) is 35.6. The van der Waals surface area contributed by atoms with Crippen molar-refractivity contribution >= 4 is 70.4 Å². The van der Waals surface area contributed by atoms with E-state index in [0.29, 0.717) is 0 Å². The highest BCUT2D eigenvalue weighted by molar-refractivity contribution is 7.25. The Hall–Kier alpha value is -7.98. The van der Waals surface area contributed by atoms with Crippen molar-refractivity contribution in [1.29, 1.82) is 0 Å². The first-order valence-electron chi connectivity index (χ1n) is 22.1. The molecule has 0 N–H and O–H groups in total. The molecule has 1 unspecified atom stereocenters. The van der Waals surface area contributed by atoms with E-state index in [1.165, 1.54) is 103 Å². The second-order valence-electron chi connectivity index (χ2n) is 17.1. The van der Waals surface area contributed by atoms with Gasteiger partial charge in [0.05, 0.1) is 33.5 Å². The van der Waals surface area contributed by atoms with Gasteiger partial charge >= 0.3 is 0 Å². The molecule has 64 heavy (non-hydrogen) atoms. The zero-order valence-corrected chi connectivity index (χ0v) is 35.6. The van der Waals surface area contributed by atoms with Crippen molar-refractivity contribution in [3.63, 3.8) is 0 Å². The fraction of sp³-hybridized carbons (Fsp3) is 0.0164. The third-order valence-corrected chi connectivity index (χ3v) is 15.2. The fourth-order valence-electron chi connectivity index (χ4n) is 11.5. The molecule has 298 valence electrons. The maximum atomic E-state index is 2.56. The number of hydrogen-bond acceptors (Lipinski definition) is 2. The zero-order valence-electron chi connectivity index (χ0n) is 34.7. The van der Waals surface area contributed by atoms with Crippen molar-refractivity contribution in [2.24, 2.45) is 0 Å². The molecule has 2 aromatic heterocycles. The summed E-state index contributed by atoms with van der Waals surface area (Å²) in [5, 5.41) is 5.13. The van der Waals surface area contributed by atoms with Crippen LogP contribution in [0.1, 0.15) is 22.3 Å². The highest BCUT2D eigenvalue weighted by atomic mass is 32.1. The van der Waals surface area contributed by atoms with Gasteiger partial charge in [-0.25, -0.2) is 0 Å². The summed E-state index contributed by atoms with van der Waals surface area (Å²) in [4.78, 5) is 2.56. The third kappa shape index (κ3) is 4.74. The van der Waals surface area contributed by atoms with Gasteiger partial charge in [-0.1, -0.05) is 182 Å². The number of thiophene rings is 1. The predicted octanol–water partition coefficient (Wildman–Crippen LogP) is 16.6. The lowest BCUT2D eigenvalue weighted by molar-refractivity contribution is 0.748. The summed E-state index contributed by atoms with van der Waals surface area (Å²) in [6.07, 6.45) is 0. The molecule has 3 heterocycles. The van der Waals surface area contributed by atoms with Crippen molar-refractivity contribution in [3.8, 4) is 39.1 Å². The number of aromatic nitrogens is 1. The van der Waals surface area contributed by atoms with Crippen LogP contribution >= 0.6 is 11.3 Å². The number of nitrogens with zero attached hydrogens (tertiary/aromatic N) is 2. The summed E-state index contributed by atoms with van der Waals surface area (Å²) >= 11 is 1.87. The van der Waals surface area contributed by atoms with E-state index in [0.717, 1.165) is 17.1 Å². The monoisotopic (exact) mass is 830 g/mol. The van der Waals surface area contributed by atoms with Gasteiger partial charge in [0.2, 0.25) is 0 Å². The van der Waals surface area contributed by atoms with E-state index in [4.69, 9.17) is 0 Å². The molecule has 2 nitrogen and oxygen atoms in total. The van der Waals surface area contributed by atoms with Crippen molar-refractivity contribution in [2.75, 3.05) is 4.90 Å². The first-order chi connectivity index (χ1) is 31.8. The number of hydrogen-bond donors (Lipinski definition) is 0. The molecule has 12 aromatic rings. The summed E-state index contributed by atoms with van der Waals surface area (Å²) < 4.78 is 5.12. The Labute approximate surface area is 375 Å². The van der Waals surface area contributed by atoms with Crippen LogP contribution in [-0.4, -0.2) is 4.57 Å². The molecule has 14 rings (SSSR count). The number of rotatable bonds is 5. The van der Waals surface area contributed by atoms with Crippen LogP contribution in [-0.2, 0) is 5.41 Å². The average Bonchev–Trinajstić information content (AvgIpc) is 4.01. The van der Waals surface area contributed by atoms with Gasteiger partial charge in [0.1, 0.15) is 0 Å². The van der Waals surface area contributed by atoms with Crippen LogP contribution in [0.3, 0.4) is 0 Å². The van der Waals surface area contributed by atoms with Crippen molar-refractivity contribution in [3.05, 3.63) is 253 Å². The van der Waals surface area contributed by atoms with Crippen LogP contribution in [0.15, 0.2) is 231 Å². The molecule has 1 atom stereocenters. The van der Waals surface area contributed by atoms with Crippen LogP contribution in [0.2, 0.25) is 0 Å². The molecular weight excluding hydrogens is 793 g/mol. The maximum Gasteiger partial charge on any atom is 0.0755 e. The average molecular weight is 831 g/mol. The Morgan fingerprint density at radius 1 is 0.375 bits per heavy atom. The quantitative estimate of drug-likeness (QED) is 0.168. The molecule has 0 amide bonds. The predicted molar refractivity (Wildman–Crippen MR) is 270 cm³/mol. The van der Waals surface area contributed by atoms with Gasteiger partial charge in [0.25, 0.3) is 0 Å². The summed E-state index contributed by atoms with van der Waals surface area (Å²) in [6.45, 7) is 0. The lowest BCUT2D eigenvalue weighted by atomic mass is 9.65. The van der Waals surface area contributed by atoms with E-state index in [1.807, 2.05) is 11.3 Å².